The second-order valence-corrected chi connectivity index (χ2v) is 4.23. The van der Waals surface area contributed by atoms with Crippen molar-refractivity contribution in [3.63, 3.8) is 0 Å². The Labute approximate surface area is 99.0 Å². The number of carbonyl (C=O) groups is 1. The lowest BCUT2D eigenvalue weighted by atomic mass is 10.2. The van der Waals surface area contributed by atoms with Crippen LogP contribution in [-0.4, -0.2) is 30.6 Å². The van der Waals surface area contributed by atoms with Crippen molar-refractivity contribution >= 4 is 17.2 Å². The largest absolute Gasteiger partial charge is 0.370 e. The molecule has 0 radical (unpaired) electrons. The number of thiazole rings is 1. The maximum absolute atomic E-state index is 11.7. The topological polar surface area (TPSA) is 77.2 Å². The van der Waals surface area contributed by atoms with Gasteiger partial charge in [0.2, 0.25) is 0 Å². The van der Waals surface area contributed by atoms with E-state index < -0.39 is 6.10 Å². The van der Waals surface area contributed by atoms with Crippen molar-refractivity contribution < 1.29 is 9.53 Å². The number of ether oxygens (including phenoxy) is 1. The van der Waals surface area contributed by atoms with Gasteiger partial charge in [-0.15, -0.1) is 11.3 Å². The van der Waals surface area contributed by atoms with E-state index in [0.29, 0.717) is 0 Å². The van der Waals surface area contributed by atoms with Gasteiger partial charge in [0.25, 0.3) is 5.91 Å². The van der Waals surface area contributed by atoms with E-state index in [1.165, 1.54) is 18.4 Å². The molecule has 0 bridgehead atoms. The summed E-state index contributed by atoms with van der Waals surface area (Å²) in [5.41, 5.74) is 5.42. The first-order chi connectivity index (χ1) is 7.72. The van der Waals surface area contributed by atoms with E-state index in [1.54, 1.807) is 6.20 Å². The molecule has 1 amide bonds. The molecule has 0 fully saturated rings. The molecule has 6 heteroatoms. The first-order valence-electron chi connectivity index (χ1n) is 5.15. The minimum absolute atomic E-state index is 0.0586. The first-order valence-corrected chi connectivity index (χ1v) is 6.03. The fourth-order valence-electron chi connectivity index (χ4n) is 1.32. The van der Waals surface area contributed by atoms with E-state index in [-0.39, 0.29) is 18.5 Å². The highest BCUT2D eigenvalue weighted by atomic mass is 32.1. The van der Waals surface area contributed by atoms with E-state index in [4.69, 9.17) is 10.5 Å². The highest BCUT2D eigenvalue weighted by Gasteiger charge is 2.20. The Balaban J connectivity index is 2.60. The number of nitrogens with one attached hydrogen (secondary N) is 1. The minimum Gasteiger partial charge on any atom is -0.370 e. The summed E-state index contributed by atoms with van der Waals surface area (Å²) in [4.78, 5) is 15.9. The molecule has 1 rings (SSSR count). The number of aromatic nitrogens is 1. The standard InChI is InChI=1S/C10H17N3O2S/c1-3-7(10-12-4-5-16-10)13-9(14)8(6-11)15-2/h4-5,7-8H,3,6,11H2,1-2H3,(H,13,14). The maximum atomic E-state index is 11.7. The molecule has 5 nitrogen and oxygen atoms in total. The monoisotopic (exact) mass is 243 g/mol. The lowest BCUT2D eigenvalue weighted by Gasteiger charge is -2.18. The molecule has 16 heavy (non-hydrogen) atoms. The van der Waals surface area contributed by atoms with Gasteiger partial charge in [-0.2, -0.15) is 0 Å². The van der Waals surface area contributed by atoms with Crippen LogP contribution in [0.5, 0.6) is 0 Å². The van der Waals surface area contributed by atoms with Gasteiger partial charge < -0.3 is 15.8 Å². The molecule has 0 aliphatic heterocycles. The molecule has 1 aromatic heterocycles. The third kappa shape index (κ3) is 3.26. The molecular formula is C10H17N3O2S. The van der Waals surface area contributed by atoms with Crippen molar-refractivity contribution in [1.82, 2.24) is 10.3 Å². The summed E-state index contributed by atoms with van der Waals surface area (Å²) in [7, 11) is 1.47. The Kier molecular flexibility index (Phi) is 5.37. The van der Waals surface area contributed by atoms with Crippen molar-refractivity contribution in [2.45, 2.75) is 25.5 Å². The number of hydrogen-bond donors (Lipinski definition) is 2. The van der Waals surface area contributed by atoms with Crippen LogP contribution in [0.15, 0.2) is 11.6 Å². The lowest BCUT2D eigenvalue weighted by molar-refractivity contribution is -0.131. The van der Waals surface area contributed by atoms with Crippen LogP contribution >= 0.6 is 11.3 Å². The molecule has 1 heterocycles. The van der Waals surface area contributed by atoms with Crippen LogP contribution in [0, 0.1) is 0 Å². The molecule has 0 spiro atoms. The van der Waals surface area contributed by atoms with E-state index in [9.17, 15) is 4.79 Å². The molecule has 3 N–H and O–H groups in total. The van der Waals surface area contributed by atoms with Gasteiger partial charge in [-0.1, -0.05) is 6.92 Å². The highest BCUT2D eigenvalue weighted by molar-refractivity contribution is 7.09. The van der Waals surface area contributed by atoms with Crippen molar-refractivity contribution in [3.8, 4) is 0 Å². The number of rotatable bonds is 6. The minimum atomic E-state index is -0.589. The number of nitrogens with zero attached hydrogens (tertiary/aromatic N) is 1. The van der Waals surface area contributed by atoms with Crippen molar-refractivity contribution in [2.75, 3.05) is 13.7 Å². The second-order valence-electron chi connectivity index (χ2n) is 3.30. The predicted octanol–water partition coefficient (Wildman–Crippen LogP) is 0.684. The molecule has 1 aromatic rings. The van der Waals surface area contributed by atoms with Crippen LogP contribution in [0.1, 0.15) is 24.4 Å². The number of hydrogen-bond acceptors (Lipinski definition) is 5. The van der Waals surface area contributed by atoms with Crippen LogP contribution in [0.4, 0.5) is 0 Å². The van der Waals surface area contributed by atoms with E-state index in [1.807, 2.05) is 12.3 Å². The molecule has 90 valence electrons. The zero-order chi connectivity index (χ0) is 12.0. The zero-order valence-electron chi connectivity index (χ0n) is 9.47. The SMILES string of the molecule is CCC(NC(=O)C(CN)OC)c1nccs1. The number of amides is 1. The fourth-order valence-corrected chi connectivity index (χ4v) is 2.09. The Morgan fingerprint density at radius 2 is 2.50 bits per heavy atom. The van der Waals surface area contributed by atoms with Crippen molar-refractivity contribution in [1.29, 1.82) is 0 Å². The summed E-state index contributed by atoms with van der Waals surface area (Å²) in [6.45, 7) is 2.17. The van der Waals surface area contributed by atoms with Crippen LogP contribution < -0.4 is 11.1 Å². The average molecular weight is 243 g/mol. The van der Waals surface area contributed by atoms with Gasteiger partial charge in [0.05, 0.1) is 6.04 Å². The van der Waals surface area contributed by atoms with Crippen LogP contribution in [0.2, 0.25) is 0 Å². The quantitative estimate of drug-likeness (QED) is 0.770. The first kappa shape index (κ1) is 13.1. The van der Waals surface area contributed by atoms with Crippen LogP contribution in [0.25, 0.3) is 0 Å². The summed E-state index contributed by atoms with van der Waals surface area (Å²) in [5, 5.41) is 5.67. The second kappa shape index (κ2) is 6.57. The molecule has 0 aromatic carbocycles. The Morgan fingerprint density at radius 1 is 1.75 bits per heavy atom. The van der Waals surface area contributed by atoms with E-state index in [2.05, 4.69) is 10.3 Å². The highest BCUT2D eigenvalue weighted by Crippen LogP contribution is 2.18. The summed E-state index contributed by atoms with van der Waals surface area (Å²) in [6, 6.07) is -0.0586. The van der Waals surface area contributed by atoms with Gasteiger partial charge in [-0.25, -0.2) is 4.98 Å². The molecule has 0 aliphatic rings. The van der Waals surface area contributed by atoms with Gasteiger partial charge in [-0.05, 0) is 6.42 Å². The van der Waals surface area contributed by atoms with Crippen LogP contribution in [-0.2, 0) is 9.53 Å². The normalized spacial score (nSPS) is 14.4. The molecular weight excluding hydrogens is 226 g/mol. The molecule has 0 saturated heterocycles. The summed E-state index contributed by atoms with van der Waals surface area (Å²) in [5.74, 6) is -0.188. The van der Waals surface area contributed by atoms with Gasteiger partial charge in [0, 0.05) is 25.2 Å². The number of carbonyl (C=O) groups excluding carboxylic acids is 1. The van der Waals surface area contributed by atoms with Gasteiger partial charge in [0.1, 0.15) is 11.1 Å². The summed E-state index contributed by atoms with van der Waals surface area (Å²) in [6.07, 6.45) is 1.93. The molecule has 2 unspecified atom stereocenters. The number of methoxy groups -OCH3 is 1. The smallest absolute Gasteiger partial charge is 0.251 e. The summed E-state index contributed by atoms with van der Waals surface area (Å²) < 4.78 is 4.97. The summed E-state index contributed by atoms with van der Waals surface area (Å²) >= 11 is 1.53. The molecule has 0 aliphatic carbocycles. The fraction of sp³-hybridized carbons (Fsp3) is 0.600. The number of nitrogens with two attached hydrogens (primary N) is 1. The van der Waals surface area contributed by atoms with Gasteiger partial charge in [-0.3, -0.25) is 4.79 Å². The van der Waals surface area contributed by atoms with Gasteiger partial charge >= 0.3 is 0 Å². The molecule has 2 atom stereocenters. The Bertz CT molecular complexity index is 312. The molecule has 0 saturated carbocycles. The zero-order valence-corrected chi connectivity index (χ0v) is 10.3. The van der Waals surface area contributed by atoms with E-state index >= 15 is 0 Å². The maximum Gasteiger partial charge on any atom is 0.251 e. The predicted molar refractivity (Wildman–Crippen MR) is 63.1 cm³/mol. The van der Waals surface area contributed by atoms with Crippen LogP contribution in [0.3, 0.4) is 0 Å². The van der Waals surface area contributed by atoms with Crippen molar-refractivity contribution in [3.05, 3.63) is 16.6 Å². The Morgan fingerprint density at radius 3 is 2.94 bits per heavy atom. The Hall–Kier alpha value is -0.980. The third-order valence-corrected chi connectivity index (χ3v) is 3.15. The van der Waals surface area contributed by atoms with Gasteiger partial charge in [0.15, 0.2) is 0 Å². The average Bonchev–Trinajstić information content (AvgIpc) is 2.81. The van der Waals surface area contributed by atoms with Crippen molar-refractivity contribution in [2.24, 2.45) is 5.73 Å². The third-order valence-electron chi connectivity index (χ3n) is 2.27. The van der Waals surface area contributed by atoms with E-state index in [0.717, 1.165) is 11.4 Å². The lowest BCUT2D eigenvalue weighted by Crippen LogP contribution is -2.42.